The molecule has 0 spiro atoms. The zero-order valence-corrected chi connectivity index (χ0v) is 11.1. The molecular formula is C14H29NO. The summed E-state index contributed by atoms with van der Waals surface area (Å²) < 4.78 is 1.47. The van der Waals surface area contributed by atoms with Crippen molar-refractivity contribution in [1.82, 2.24) is 0 Å². The molecule has 0 aromatic carbocycles. The first-order valence-electron chi connectivity index (χ1n) is 7.16. The van der Waals surface area contributed by atoms with Crippen molar-refractivity contribution < 1.29 is 9.96 Å². The minimum atomic E-state index is 0. The van der Waals surface area contributed by atoms with Crippen molar-refractivity contribution in [3.05, 3.63) is 0 Å². The van der Waals surface area contributed by atoms with E-state index in [1.54, 1.807) is 0 Å². The van der Waals surface area contributed by atoms with Crippen LogP contribution in [-0.4, -0.2) is 35.1 Å². The lowest BCUT2D eigenvalue weighted by Gasteiger charge is -2.52. The highest BCUT2D eigenvalue weighted by molar-refractivity contribution is 4.72. The molecule has 2 rings (SSSR count). The molecule has 0 aromatic heterocycles. The summed E-state index contributed by atoms with van der Waals surface area (Å²) in [6.07, 6.45) is 12.0. The molecule has 96 valence electrons. The maximum atomic E-state index is 2.51. The van der Waals surface area contributed by atoms with Gasteiger partial charge in [0.25, 0.3) is 0 Å². The van der Waals surface area contributed by atoms with Crippen molar-refractivity contribution in [2.45, 2.75) is 77.3 Å². The van der Waals surface area contributed by atoms with Gasteiger partial charge < -0.3 is 9.96 Å². The van der Waals surface area contributed by atoms with Crippen LogP contribution in [0.2, 0.25) is 0 Å². The number of hydrogen-bond donors (Lipinski definition) is 0. The van der Waals surface area contributed by atoms with Crippen LogP contribution in [0.15, 0.2) is 0 Å². The number of hydrogen-bond acceptors (Lipinski definition) is 1. The Balaban J connectivity index is 0.00000128. The predicted molar refractivity (Wildman–Crippen MR) is 67.8 cm³/mol. The van der Waals surface area contributed by atoms with Crippen LogP contribution in [0.5, 0.6) is 0 Å². The Hall–Kier alpha value is -0.0800. The molecule has 1 aliphatic carbocycles. The summed E-state index contributed by atoms with van der Waals surface area (Å²) in [5, 5.41) is 0. The standard InChI is InChI=1S/C14H28N.H2O/c1-3-15(12-8-7-9-13(15)2)14-10-5-4-6-11-14;/h13-14H,3-12H2,1-2H3;1H2/q+1;/p-1. The van der Waals surface area contributed by atoms with Gasteiger partial charge in [0.1, 0.15) is 0 Å². The van der Waals surface area contributed by atoms with Crippen molar-refractivity contribution in [3.8, 4) is 0 Å². The quantitative estimate of drug-likeness (QED) is 0.663. The first-order chi connectivity index (χ1) is 7.29. The van der Waals surface area contributed by atoms with E-state index in [-0.39, 0.29) is 5.48 Å². The Bertz CT molecular complexity index is 201. The molecule has 1 N–H and O–H groups in total. The predicted octanol–water partition coefficient (Wildman–Crippen LogP) is 3.55. The van der Waals surface area contributed by atoms with Crippen LogP contribution in [0, 0.1) is 0 Å². The van der Waals surface area contributed by atoms with E-state index in [0.717, 1.165) is 12.1 Å². The Labute approximate surface area is 101 Å². The van der Waals surface area contributed by atoms with Gasteiger partial charge in [-0.05, 0) is 58.8 Å². The third-order valence-electron chi connectivity index (χ3n) is 5.21. The fourth-order valence-electron chi connectivity index (χ4n) is 4.19. The van der Waals surface area contributed by atoms with Crippen LogP contribution >= 0.6 is 0 Å². The number of rotatable bonds is 2. The highest BCUT2D eigenvalue weighted by atomic mass is 16.0. The summed E-state index contributed by atoms with van der Waals surface area (Å²) in [5.41, 5.74) is 0. The lowest BCUT2D eigenvalue weighted by Crippen LogP contribution is -2.62. The normalized spacial score (nSPS) is 36.8. The summed E-state index contributed by atoms with van der Waals surface area (Å²) in [7, 11) is 0. The van der Waals surface area contributed by atoms with Crippen molar-refractivity contribution in [1.29, 1.82) is 0 Å². The Morgan fingerprint density at radius 3 is 2.12 bits per heavy atom. The van der Waals surface area contributed by atoms with Crippen LogP contribution in [0.3, 0.4) is 0 Å². The van der Waals surface area contributed by atoms with Gasteiger partial charge >= 0.3 is 0 Å². The minimum Gasteiger partial charge on any atom is -0.870 e. The summed E-state index contributed by atoms with van der Waals surface area (Å²) in [6.45, 7) is 7.79. The second kappa shape index (κ2) is 6.02. The molecule has 2 aliphatic rings. The molecule has 0 aromatic rings. The number of piperidine rings is 1. The summed E-state index contributed by atoms with van der Waals surface area (Å²) in [6, 6.07) is 1.95. The lowest BCUT2D eigenvalue weighted by atomic mass is 9.87. The largest absolute Gasteiger partial charge is 0.870 e. The van der Waals surface area contributed by atoms with E-state index in [1.807, 2.05) is 0 Å². The molecule has 1 heterocycles. The maximum Gasteiger partial charge on any atom is 0.0892 e. The van der Waals surface area contributed by atoms with Crippen LogP contribution in [0.1, 0.15) is 65.2 Å². The number of likely N-dealkylation sites (tertiary alicyclic amines) is 1. The first kappa shape index (κ1) is 14.0. The minimum absolute atomic E-state index is 0. The Morgan fingerprint density at radius 1 is 0.938 bits per heavy atom. The molecule has 0 radical (unpaired) electrons. The van der Waals surface area contributed by atoms with Gasteiger partial charge in [-0.1, -0.05) is 6.42 Å². The summed E-state index contributed by atoms with van der Waals surface area (Å²) >= 11 is 0. The molecule has 0 amide bonds. The maximum absolute atomic E-state index is 2.51. The monoisotopic (exact) mass is 227 g/mol. The van der Waals surface area contributed by atoms with Crippen LogP contribution in [-0.2, 0) is 0 Å². The van der Waals surface area contributed by atoms with Crippen molar-refractivity contribution >= 4 is 0 Å². The molecule has 2 atom stereocenters. The molecular weight excluding hydrogens is 198 g/mol. The third kappa shape index (κ3) is 2.43. The van der Waals surface area contributed by atoms with Crippen LogP contribution < -0.4 is 0 Å². The average molecular weight is 227 g/mol. The van der Waals surface area contributed by atoms with Gasteiger partial charge in [0.2, 0.25) is 0 Å². The second-order valence-electron chi connectivity index (χ2n) is 5.78. The number of nitrogens with zero attached hydrogens (tertiary/aromatic N) is 1. The molecule has 16 heavy (non-hydrogen) atoms. The van der Waals surface area contributed by atoms with Gasteiger partial charge in [-0.25, -0.2) is 0 Å². The van der Waals surface area contributed by atoms with Crippen LogP contribution in [0.25, 0.3) is 0 Å². The van der Waals surface area contributed by atoms with E-state index in [4.69, 9.17) is 0 Å². The molecule has 2 nitrogen and oxygen atoms in total. The molecule has 2 heteroatoms. The summed E-state index contributed by atoms with van der Waals surface area (Å²) in [5.74, 6) is 0. The Kier molecular flexibility index (Phi) is 5.26. The SMILES string of the molecule is CC[N+]1(C2CCCCC2)CCCCC1C.[OH-]. The zero-order valence-electron chi connectivity index (χ0n) is 11.1. The third-order valence-corrected chi connectivity index (χ3v) is 5.21. The van der Waals surface area contributed by atoms with Gasteiger partial charge in [0, 0.05) is 0 Å². The van der Waals surface area contributed by atoms with Crippen molar-refractivity contribution in [2.75, 3.05) is 13.1 Å². The Morgan fingerprint density at radius 2 is 1.56 bits per heavy atom. The molecule has 2 fully saturated rings. The van der Waals surface area contributed by atoms with E-state index in [0.29, 0.717) is 0 Å². The molecule has 1 aliphatic heterocycles. The lowest BCUT2D eigenvalue weighted by molar-refractivity contribution is -0.975. The van der Waals surface area contributed by atoms with E-state index in [2.05, 4.69) is 13.8 Å². The fourth-order valence-corrected chi connectivity index (χ4v) is 4.19. The highest BCUT2D eigenvalue weighted by Crippen LogP contribution is 2.35. The first-order valence-corrected chi connectivity index (χ1v) is 7.16. The van der Waals surface area contributed by atoms with Gasteiger partial charge in [-0.3, -0.25) is 0 Å². The van der Waals surface area contributed by atoms with Crippen molar-refractivity contribution in [3.63, 3.8) is 0 Å². The van der Waals surface area contributed by atoms with Gasteiger partial charge in [0.05, 0.1) is 25.2 Å². The molecule has 0 bridgehead atoms. The topological polar surface area (TPSA) is 30.0 Å². The van der Waals surface area contributed by atoms with E-state index < -0.39 is 0 Å². The van der Waals surface area contributed by atoms with Gasteiger partial charge in [-0.15, -0.1) is 0 Å². The number of quaternary nitrogens is 1. The molecule has 1 saturated heterocycles. The molecule has 2 unspecified atom stereocenters. The van der Waals surface area contributed by atoms with E-state index >= 15 is 0 Å². The van der Waals surface area contributed by atoms with E-state index in [9.17, 15) is 0 Å². The fraction of sp³-hybridized carbons (Fsp3) is 1.00. The molecule has 1 saturated carbocycles. The summed E-state index contributed by atoms with van der Waals surface area (Å²) in [4.78, 5) is 0. The smallest absolute Gasteiger partial charge is 0.0892 e. The highest BCUT2D eigenvalue weighted by Gasteiger charge is 2.41. The van der Waals surface area contributed by atoms with Gasteiger partial charge in [-0.2, -0.15) is 0 Å². The average Bonchev–Trinajstić information content (AvgIpc) is 2.31. The van der Waals surface area contributed by atoms with Crippen molar-refractivity contribution in [2.24, 2.45) is 0 Å². The van der Waals surface area contributed by atoms with Crippen LogP contribution in [0.4, 0.5) is 0 Å². The zero-order chi connectivity index (χ0) is 10.7. The van der Waals surface area contributed by atoms with Gasteiger partial charge in [0.15, 0.2) is 0 Å². The second-order valence-corrected chi connectivity index (χ2v) is 5.78. The van der Waals surface area contributed by atoms with E-state index in [1.165, 1.54) is 68.9 Å².